The van der Waals surface area contributed by atoms with Gasteiger partial charge in [-0.05, 0) is 12.1 Å². The molecule has 5 nitrogen and oxygen atoms in total. The van der Waals surface area contributed by atoms with E-state index in [0.717, 1.165) is 0 Å². The smallest absolute Gasteiger partial charge is 0.255 e. The summed E-state index contributed by atoms with van der Waals surface area (Å²) in [6.45, 7) is 1.03. The van der Waals surface area contributed by atoms with Crippen molar-refractivity contribution in [3.63, 3.8) is 0 Å². The highest BCUT2D eigenvalue weighted by atomic mass is 35.5. The van der Waals surface area contributed by atoms with Crippen LogP contribution in [0.15, 0.2) is 36.7 Å². The monoisotopic (exact) mass is 279 g/mol. The second-order valence-electron chi connectivity index (χ2n) is 3.88. The minimum Gasteiger partial charge on any atom is -0.496 e. The van der Waals surface area contributed by atoms with Gasteiger partial charge in [-0.3, -0.25) is 9.48 Å². The van der Waals surface area contributed by atoms with Crippen LogP contribution in [0.25, 0.3) is 0 Å². The molecule has 0 aliphatic heterocycles. The Labute approximate surface area is 116 Å². The van der Waals surface area contributed by atoms with E-state index in [2.05, 4.69) is 10.4 Å². The lowest BCUT2D eigenvalue weighted by Gasteiger charge is -2.09. The number of nitrogens with zero attached hydrogens (tertiary/aromatic N) is 2. The van der Waals surface area contributed by atoms with E-state index in [1.165, 1.54) is 7.11 Å². The number of benzene rings is 1. The molecule has 0 unspecified atom stereocenters. The van der Waals surface area contributed by atoms with Crippen LogP contribution >= 0.6 is 11.6 Å². The fraction of sp³-hybridized carbons (Fsp3) is 0.231. The number of hydrogen-bond donors (Lipinski definition) is 1. The number of hydrogen-bond acceptors (Lipinski definition) is 3. The molecule has 1 aromatic heterocycles. The van der Waals surface area contributed by atoms with E-state index in [-0.39, 0.29) is 5.91 Å². The Morgan fingerprint density at radius 1 is 1.47 bits per heavy atom. The maximum atomic E-state index is 12.0. The summed E-state index contributed by atoms with van der Waals surface area (Å²) in [6.07, 6.45) is 3.26. The summed E-state index contributed by atoms with van der Waals surface area (Å²) >= 11 is 5.75. The highest BCUT2D eigenvalue weighted by Crippen LogP contribution is 2.16. The number of nitrogens with one attached hydrogen (secondary N) is 1. The maximum absolute atomic E-state index is 12.0. The summed E-state index contributed by atoms with van der Waals surface area (Å²) in [6, 6.07) is 7.09. The minimum absolute atomic E-state index is 0.171. The van der Waals surface area contributed by atoms with Gasteiger partial charge in [0.15, 0.2) is 0 Å². The second kappa shape index (κ2) is 6.24. The number of aromatic nitrogens is 2. The van der Waals surface area contributed by atoms with Gasteiger partial charge in [0.25, 0.3) is 5.91 Å². The van der Waals surface area contributed by atoms with Gasteiger partial charge in [-0.25, -0.2) is 0 Å². The molecule has 0 spiro atoms. The van der Waals surface area contributed by atoms with Crippen LogP contribution in [-0.2, 0) is 6.54 Å². The average Bonchev–Trinajstić information content (AvgIpc) is 2.84. The van der Waals surface area contributed by atoms with E-state index in [4.69, 9.17) is 16.3 Å². The van der Waals surface area contributed by atoms with Crippen LogP contribution in [0.3, 0.4) is 0 Å². The normalized spacial score (nSPS) is 10.2. The molecule has 6 heteroatoms. The van der Waals surface area contributed by atoms with Crippen molar-refractivity contribution < 1.29 is 9.53 Å². The Morgan fingerprint density at radius 2 is 2.26 bits per heavy atom. The molecule has 0 bridgehead atoms. The largest absolute Gasteiger partial charge is 0.496 e. The predicted octanol–water partition coefficient (Wildman–Crippen LogP) is 1.98. The lowest BCUT2D eigenvalue weighted by Crippen LogP contribution is -2.27. The van der Waals surface area contributed by atoms with Crippen molar-refractivity contribution in [3.8, 4) is 5.75 Å². The van der Waals surface area contributed by atoms with Gasteiger partial charge in [0, 0.05) is 12.7 Å². The number of amides is 1. The van der Waals surface area contributed by atoms with E-state index in [9.17, 15) is 4.79 Å². The number of ether oxygens (including phenoxy) is 1. The summed E-state index contributed by atoms with van der Waals surface area (Å²) in [5.74, 6) is 0.387. The molecule has 1 amide bonds. The molecule has 100 valence electrons. The van der Waals surface area contributed by atoms with Gasteiger partial charge >= 0.3 is 0 Å². The number of carbonyl (C=O) groups is 1. The van der Waals surface area contributed by atoms with Gasteiger partial charge in [-0.2, -0.15) is 5.10 Å². The van der Waals surface area contributed by atoms with Crippen molar-refractivity contribution in [2.45, 2.75) is 6.54 Å². The van der Waals surface area contributed by atoms with Gasteiger partial charge < -0.3 is 10.1 Å². The molecule has 0 saturated carbocycles. The van der Waals surface area contributed by atoms with Crippen LogP contribution in [0.2, 0.25) is 5.02 Å². The Kier molecular flexibility index (Phi) is 4.41. The van der Waals surface area contributed by atoms with Crippen molar-refractivity contribution >= 4 is 17.5 Å². The summed E-state index contributed by atoms with van der Waals surface area (Å²) in [5.41, 5.74) is 0.517. The molecule has 0 aliphatic rings. The minimum atomic E-state index is -0.171. The van der Waals surface area contributed by atoms with Crippen molar-refractivity contribution in [1.82, 2.24) is 15.1 Å². The number of halogens is 1. The molecule has 1 heterocycles. The molecular weight excluding hydrogens is 266 g/mol. The maximum Gasteiger partial charge on any atom is 0.255 e. The molecule has 19 heavy (non-hydrogen) atoms. The van der Waals surface area contributed by atoms with Crippen LogP contribution in [0.1, 0.15) is 10.4 Å². The molecule has 0 saturated heterocycles. The van der Waals surface area contributed by atoms with Gasteiger partial charge in [-0.1, -0.05) is 23.7 Å². The van der Waals surface area contributed by atoms with Gasteiger partial charge in [-0.15, -0.1) is 0 Å². The molecule has 2 rings (SSSR count). The first-order valence-corrected chi connectivity index (χ1v) is 6.17. The van der Waals surface area contributed by atoms with Gasteiger partial charge in [0.1, 0.15) is 5.75 Å². The summed E-state index contributed by atoms with van der Waals surface area (Å²) in [5, 5.41) is 7.42. The first-order valence-electron chi connectivity index (χ1n) is 5.80. The quantitative estimate of drug-likeness (QED) is 0.910. The van der Waals surface area contributed by atoms with E-state index >= 15 is 0 Å². The predicted molar refractivity (Wildman–Crippen MR) is 72.6 cm³/mol. The molecule has 2 aromatic rings. The van der Waals surface area contributed by atoms with Crippen LogP contribution < -0.4 is 10.1 Å². The number of methoxy groups -OCH3 is 1. The van der Waals surface area contributed by atoms with Gasteiger partial charge in [0.05, 0.1) is 30.4 Å². The topological polar surface area (TPSA) is 56.1 Å². The van der Waals surface area contributed by atoms with Gasteiger partial charge in [0.2, 0.25) is 0 Å². The zero-order valence-corrected chi connectivity index (χ0v) is 11.2. The average molecular weight is 280 g/mol. The first-order chi connectivity index (χ1) is 9.20. The lowest BCUT2D eigenvalue weighted by molar-refractivity contribution is 0.0949. The summed E-state index contributed by atoms with van der Waals surface area (Å²) < 4.78 is 6.81. The van der Waals surface area contributed by atoms with E-state index < -0.39 is 0 Å². The zero-order valence-electron chi connectivity index (χ0n) is 10.5. The van der Waals surface area contributed by atoms with Crippen molar-refractivity contribution in [2.24, 2.45) is 0 Å². The molecule has 0 atom stereocenters. The SMILES string of the molecule is COc1ccccc1C(=O)NCCn1cc(Cl)cn1. The molecule has 0 aliphatic carbocycles. The van der Waals surface area contributed by atoms with E-state index in [1.807, 2.05) is 6.07 Å². The van der Waals surface area contributed by atoms with Crippen LogP contribution in [-0.4, -0.2) is 29.3 Å². The Bertz CT molecular complexity index is 569. The molecule has 0 fully saturated rings. The fourth-order valence-electron chi connectivity index (χ4n) is 1.67. The number of carbonyl (C=O) groups excluding carboxylic acids is 1. The molecule has 1 N–H and O–H groups in total. The van der Waals surface area contributed by atoms with E-state index in [1.54, 1.807) is 35.3 Å². The third kappa shape index (κ3) is 3.48. The summed E-state index contributed by atoms with van der Waals surface area (Å²) in [4.78, 5) is 12.0. The Balaban J connectivity index is 1.90. The fourth-order valence-corrected chi connectivity index (χ4v) is 1.83. The lowest BCUT2D eigenvalue weighted by atomic mass is 10.2. The first kappa shape index (κ1) is 13.4. The number of rotatable bonds is 5. The van der Waals surface area contributed by atoms with Crippen molar-refractivity contribution in [2.75, 3.05) is 13.7 Å². The zero-order chi connectivity index (χ0) is 13.7. The Morgan fingerprint density at radius 3 is 2.95 bits per heavy atom. The highest BCUT2D eigenvalue weighted by molar-refractivity contribution is 6.30. The highest BCUT2D eigenvalue weighted by Gasteiger charge is 2.10. The van der Waals surface area contributed by atoms with E-state index in [0.29, 0.717) is 29.4 Å². The van der Waals surface area contributed by atoms with Crippen molar-refractivity contribution in [3.05, 3.63) is 47.2 Å². The summed E-state index contributed by atoms with van der Waals surface area (Å²) in [7, 11) is 1.54. The molecule has 1 aromatic carbocycles. The Hall–Kier alpha value is -2.01. The standard InChI is InChI=1S/C13H14ClN3O2/c1-19-12-5-3-2-4-11(12)13(18)15-6-7-17-9-10(14)8-16-17/h2-5,8-9H,6-7H2,1H3,(H,15,18). The number of para-hydroxylation sites is 1. The molecular formula is C13H14ClN3O2. The van der Waals surface area contributed by atoms with Crippen LogP contribution in [0.5, 0.6) is 5.75 Å². The van der Waals surface area contributed by atoms with Crippen molar-refractivity contribution in [1.29, 1.82) is 0 Å². The molecule has 0 radical (unpaired) electrons. The van der Waals surface area contributed by atoms with Crippen LogP contribution in [0.4, 0.5) is 0 Å². The van der Waals surface area contributed by atoms with Crippen LogP contribution in [0, 0.1) is 0 Å². The third-order valence-corrected chi connectivity index (χ3v) is 2.77. The second-order valence-corrected chi connectivity index (χ2v) is 4.31. The third-order valence-electron chi connectivity index (χ3n) is 2.58.